The van der Waals surface area contributed by atoms with Gasteiger partial charge in [0.15, 0.2) is 5.84 Å². The number of anilines is 1. The number of amides is 3. The molecule has 10 heteroatoms. The number of amidine groups is 2. The number of carbonyl (C=O) groups excluding carboxylic acids is 2. The van der Waals surface area contributed by atoms with E-state index in [-0.39, 0.29) is 22.8 Å². The lowest BCUT2D eigenvalue weighted by molar-refractivity contribution is -0.782. The molecule has 9 nitrogen and oxygen atoms in total. The molecule has 0 saturated heterocycles. The number of nitrogens with one attached hydrogen (secondary N) is 2. The van der Waals surface area contributed by atoms with Crippen LogP contribution in [-0.4, -0.2) is 40.2 Å². The van der Waals surface area contributed by atoms with Gasteiger partial charge in [-0.05, 0) is 48.8 Å². The number of aliphatic imine (C=N–C) groups is 2. The second kappa shape index (κ2) is 8.07. The van der Waals surface area contributed by atoms with Gasteiger partial charge in [0.25, 0.3) is 5.91 Å². The van der Waals surface area contributed by atoms with Crippen LogP contribution in [-0.2, 0) is 4.79 Å². The number of primary amides is 1. The molecule has 1 saturated carbocycles. The normalized spacial score (nSPS) is 27.2. The molecule has 174 valence electrons. The molecule has 2 heterocycles. The highest BCUT2D eigenvalue weighted by molar-refractivity contribution is 6.03. The van der Waals surface area contributed by atoms with Gasteiger partial charge in [-0.3, -0.25) is 4.79 Å². The van der Waals surface area contributed by atoms with Gasteiger partial charge in [0, 0.05) is 18.7 Å². The molecular formula is C24H25FN7O2+. The van der Waals surface area contributed by atoms with Crippen molar-refractivity contribution in [2.45, 2.75) is 24.8 Å². The van der Waals surface area contributed by atoms with E-state index in [0.29, 0.717) is 29.2 Å². The van der Waals surface area contributed by atoms with E-state index in [9.17, 15) is 14.0 Å². The summed E-state index contributed by atoms with van der Waals surface area (Å²) in [5.41, 5.74) is 12.9. The van der Waals surface area contributed by atoms with E-state index >= 15 is 0 Å². The monoisotopic (exact) mass is 462 g/mol. The number of hydrogen-bond donors (Lipinski definition) is 4. The van der Waals surface area contributed by atoms with E-state index in [0.717, 1.165) is 18.7 Å². The topological polar surface area (TPSA) is 135 Å². The number of hydrogen-bond acceptors (Lipinski definition) is 5. The minimum Gasteiger partial charge on any atom is -0.379 e. The van der Waals surface area contributed by atoms with Gasteiger partial charge in [-0.25, -0.2) is 19.2 Å². The first kappa shape index (κ1) is 21.8. The summed E-state index contributed by atoms with van der Waals surface area (Å²) in [6.07, 6.45) is 13.0. The second-order valence-electron chi connectivity index (χ2n) is 8.74. The Bertz CT molecular complexity index is 1240. The maximum atomic E-state index is 13.2. The molecule has 6 N–H and O–H groups in total. The van der Waals surface area contributed by atoms with Crippen molar-refractivity contribution in [3.8, 4) is 0 Å². The summed E-state index contributed by atoms with van der Waals surface area (Å²) in [7, 11) is 0. The Hall–Kier alpha value is -4.05. The lowest BCUT2D eigenvalue weighted by Crippen LogP contribution is -2.69. The molecule has 1 fully saturated rings. The molecule has 0 bridgehead atoms. The predicted molar refractivity (Wildman–Crippen MR) is 126 cm³/mol. The van der Waals surface area contributed by atoms with E-state index in [4.69, 9.17) is 11.5 Å². The Kier molecular flexibility index (Phi) is 5.17. The summed E-state index contributed by atoms with van der Waals surface area (Å²) >= 11 is 0. The van der Waals surface area contributed by atoms with Crippen molar-refractivity contribution in [1.82, 2.24) is 5.32 Å². The Morgan fingerprint density at radius 1 is 1.21 bits per heavy atom. The predicted octanol–water partition coefficient (Wildman–Crippen LogP) is 2.38. The molecule has 1 aromatic carbocycles. The van der Waals surface area contributed by atoms with Crippen molar-refractivity contribution in [2.24, 2.45) is 27.4 Å². The fourth-order valence-electron chi connectivity index (χ4n) is 4.80. The summed E-state index contributed by atoms with van der Waals surface area (Å²) in [5.74, 6) is 0.453. The van der Waals surface area contributed by atoms with Gasteiger partial charge >= 0.3 is 6.03 Å². The van der Waals surface area contributed by atoms with Crippen molar-refractivity contribution >= 4 is 29.3 Å². The van der Waals surface area contributed by atoms with Crippen molar-refractivity contribution in [2.75, 3.05) is 11.9 Å². The van der Waals surface area contributed by atoms with E-state index in [1.54, 1.807) is 12.4 Å². The SMILES string of the molecule is NC(=O)C1([N+]23C=CN=C(N)C2=CN=C3C2CC2)C=C(CNC(=O)Nc2ccc(F)cc2)C=CC1. The molecule has 34 heavy (non-hydrogen) atoms. The number of nitrogens with two attached hydrogens (primary N) is 2. The van der Waals surface area contributed by atoms with Crippen molar-refractivity contribution in [1.29, 1.82) is 0 Å². The number of halogens is 1. The molecule has 2 aliphatic heterocycles. The van der Waals surface area contributed by atoms with Gasteiger partial charge in [0.1, 0.15) is 12.0 Å². The fraction of sp³-hybridized carbons (Fsp3) is 0.250. The maximum Gasteiger partial charge on any atom is 0.319 e. The zero-order valence-corrected chi connectivity index (χ0v) is 18.4. The number of fused-ring (bicyclic) bond motifs is 1. The summed E-state index contributed by atoms with van der Waals surface area (Å²) in [4.78, 5) is 34.4. The smallest absolute Gasteiger partial charge is 0.319 e. The van der Waals surface area contributed by atoms with Crippen LogP contribution in [0.3, 0.4) is 0 Å². The van der Waals surface area contributed by atoms with Crippen LogP contribution >= 0.6 is 0 Å². The van der Waals surface area contributed by atoms with Crippen LogP contribution < -0.4 is 22.1 Å². The molecule has 2 unspecified atom stereocenters. The molecular weight excluding hydrogens is 437 g/mol. The number of carbonyl (C=O) groups is 2. The minimum absolute atomic E-state index is 0.00203. The van der Waals surface area contributed by atoms with Gasteiger partial charge in [0.05, 0.1) is 18.3 Å². The molecule has 2 aliphatic carbocycles. The van der Waals surface area contributed by atoms with Crippen molar-refractivity contribution in [3.05, 3.63) is 78.2 Å². The molecule has 0 aromatic heterocycles. The highest BCUT2D eigenvalue weighted by Crippen LogP contribution is 2.49. The van der Waals surface area contributed by atoms with Crippen LogP contribution in [0.4, 0.5) is 14.9 Å². The van der Waals surface area contributed by atoms with Gasteiger partial charge in [-0.2, -0.15) is 4.48 Å². The van der Waals surface area contributed by atoms with Crippen LogP contribution in [0.25, 0.3) is 0 Å². The Morgan fingerprint density at radius 3 is 2.68 bits per heavy atom. The number of rotatable bonds is 6. The highest BCUT2D eigenvalue weighted by Gasteiger charge is 2.64. The van der Waals surface area contributed by atoms with Gasteiger partial charge in [-0.1, -0.05) is 12.2 Å². The van der Waals surface area contributed by atoms with Crippen LogP contribution in [0, 0.1) is 11.7 Å². The second-order valence-corrected chi connectivity index (χ2v) is 8.74. The van der Waals surface area contributed by atoms with E-state index in [2.05, 4.69) is 20.6 Å². The standard InChI is InChI=1S/C24H24FN7O2/c25-17-5-7-18(8-6-17)31-23(34)30-13-15-2-1-9-24(12-15,22(27)33)32-11-10-28-20(26)19(32)14-29-21(32)16-3-4-16/h1-2,5-8,10-12,14,16H,3-4,9,13H2,(H5-,26,27,28,30,31,33,34)/p+1. The minimum atomic E-state index is -1.21. The van der Waals surface area contributed by atoms with E-state index in [1.807, 2.05) is 24.4 Å². The number of nitrogens with zero attached hydrogens (tertiary/aromatic N) is 3. The Balaban J connectivity index is 1.43. The zero-order chi connectivity index (χ0) is 23.9. The third-order valence-electron chi connectivity index (χ3n) is 6.57. The lowest BCUT2D eigenvalue weighted by Gasteiger charge is -2.47. The van der Waals surface area contributed by atoms with Crippen LogP contribution in [0.1, 0.15) is 19.3 Å². The summed E-state index contributed by atoms with van der Waals surface area (Å²) in [5, 5.41) is 5.43. The van der Waals surface area contributed by atoms with Crippen LogP contribution in [0.5, 0.6) is 0 Å². The van der Waals surface area contributed by atoms with Crippen molar-refractivity contribution < 1.29 is 18.5 Å². The number of urea groups is 1. The van der Waals surface area contributed by atoms with Crippen molar-refractivity contribution in [3.63, 3.8) is 0 Å². The average molecular weight is 463 g/mol. The summed E-state index contributed by atoms with van der Waals surface area (Å²) in [6, 6.07) is 5.01. The zero-order valence-electron chi connectivity index (χ0n) is 18.4. The van der Waals surface area contributed by atoms with E-state index in [1.165, 1.54) is 24.3 Å². The van der Waals surface area contributed by atoms with Gasteiger partial charge in [-0.15, -0.1) is 0 Å². The molecule has 0 radical (unpaired) electrons. The summed E-state index contributed by atoms with van der Waals surface area (Å²) in [6.45, 7) is 0.154. The van der Waals surface area contributed by atoms with Gasteiger partial charge in [0.2, 0.25) is 17.1 Å². The molecule has 5 rings (SSSR count). The molecule has 4 aliphatic rings. The Labute approximate surface area is 195 Å². The molecule has 2 atom stereocenters. The molecule has 0 spiro atoms. The quantitative estimate of drug-likeness (QED) is 0.483. The third-order valence-corrected chi connectivity index (χ3v) is 6.57. The molecule has 3 amide bonds. The maximum absolute atomic E-state index is 13.2. The Morgan fingerprint density at radius 2 is 1.97 bits per heavy atom. The van der Waals surface area contributed by atoms with Crippen LogP contribution in [0.2, 0.25) is 0 Å². The highest BCUT2D eigenvalue weighted by atomic mass is 19.1. The number of quaternary nitrogens is 1. The number of benzene rings is 1. The third kappa shape index (κ3) is 3.43. The van der Waals surface area contributed by atoms with Gasteiger partial charge < -0.3 is 22.1 Å². The molecule has 1 aromatic rings. The van der Waals surface area contributed by atoms with Crippen LogP contribution in [0.15, 0.2) is 82.3 Å². The largest absolute Gasteiger partial charge is 0.379 e. The van der Waals surface area contributed by atoms with E-state index < -0.39 is 17.5 Å². The summed E-state index contributed by atoms with van der Waals surface area (Å²) < 4.78 is 13.1. The fourth-order valence-corrected chi connectivity index (χ4v) is 4.80. The first-order chi connectivity index (χ1) is 16.4. The average Bonchev–Trinajstić information content (AvgIpc) is 3.58. The lowest BCUT2D eigenvalue weighted by atomic mass is 9.81. The first-order valence-corrected chi connectivity index (χ1v) is 11.0. The first-order valence-electron chi connectivity index (χ1n) is 11.0.